The molecule has 1 N–H and O–H groups in total. The summed E-state index contributed by atoms with van der Waals surface area (Å²) < 4.78 is 38.3. The fourth-order valence-electron chi connectivity index (χ4n) is 2.90. The fourth-order valence-corrected chi connectivity index (χ4v) is 2.90. The Kier molecular flexibility index (Phi) is 5.11. The van der Waals surface area contributed by atoms with Gasteiger partial charge in [-0.2, -0.15) is 13.2 Å². The average Bonchev–Trinajstić information content (AvgIpc) is 2.62. The average molecular weight is 364 g/mol. The molecular weight excluding hydrogens is 345 g/mol. The molecule has 26 heavy (non-hydrogen) atoms. The van der Waals surface area contributed by atoms with Crippen LogP contribution in [0, 0.1) is 6.92 Å². The number of piperidine rings is 1. The lowest BCUT2D eigenvalue weighted by Gasteiger charge is -2.26. The van der Waals surface area contributed by atoms with Crippen LogP contribution in [0.3, 0.4) is 0 Å². The summed E-state index contributed by atoms with van der Waals surface area (Å²) in [5.41, 5.74) is -0.0127. The van der Waals surface area contributed by atoms with Gasteiger partial charge >= 0.3 is 6.18 Å². The van der Waals surface area contributed by atoms with Gasteiger partial charge in [0.15, 0.2) is 0 Å². The Hall–Kier alpha value is -2.64. The van der Waals surface area contributed by atoms with Crippen LogP contribution in [0.1, 0.15) is 40.9 Å². The predicted octanol–water partition coefficient (Wildman–Crippen LogP) is 4.05. The van der Waals surface area contributed by atoms with Gasteiger partial charge in [0.05, 0.1) is 16.8 Å². The Balaban J connectivity index is 1.76. The second kappa shape index (κ2) is 7.31. The Bertz CT molecular complexity index is 801. The maximum absolute atomic E-state index is 12.8. The van der Waals surface area contributed by atoms with Crippen LogP contribution in [-0.2, 0) is 6.18 Å². The summed E-state index contributed by atoms with van der Waals surface area (Å²) >= 11 is 0. The smallest absolute Gasteiger partial charge is 0.341 e. The Labute approximate surface area is 149 Å². The van der Waals surface area contributed by atoms with Crippen molar-refractivity contribution in [3.63, 3.8) is 0 Å². The van der Waals surface area contributed by atoms with E-state index in [2.05, 4.69) is 20.2 Å². The van der Waals surface area contributed by atoms with Crippen LogP contribution >= 0.6 is 0 Å². The Morgan fingerprint density at radius 2 is 1.92 bits per heavy atom. The molecule has 0 unspecified atom stereocenters. The molecule has 1 fully saturated rings. The minimum atomic E-state index is -4.46. The number of halogens is 3. The number of nitrogens with one attached hydrogen (secondary N) is 1. The van der Waals surface area contributed by atoms with Crippen molar-refractivity contribution in [1.29, 1.82) is 0 Å². The zero-order valence-corrected chi connectivity index (χ0v) is 14.3. The van der Waals surface area contributed by atoms with Crippen molar-refractivity contribution in [2.45, 2.75) is 32.4 Å². The largest absolute Gasteiger partial charge is 0.416 e. The molecule has 1 aromatic heterocycles. The van der Waals surface area contributed by atoms with E-state index in [9.17, 15) is 18.0 Å². The summed E-state index contributed by atoms with van der Waals surface area (Å²) in [5, 5.41) is 2.48. The second-order valence-corrected chi connectivity index (χ2v) is 6.25. The first kappa shape index (κ1) is 18.2. The molecule has 1 saturated heterocycles. The maximum atomic E-state index is 12.8. The van der Waals surface area contributed by atoms with Crippen molar-refractivity contribution in [2.24, 2.45) is 0 Å². The number of aromatic nitrogens is 2. The quantitative estimate of drug-likeness (QED) is 0.893. The standard InChI is InChI=1S/C18H19F3N4O/c1-12-15(11-22-17(23-12)25-8-3-2-4-9-25)16(26)24-14-7-5-6-13(10-14)18(19,20)21/h5-7,10-11H,2-4,8-9H2,1H3,(H,24,26). The molecule has 0 aliphatic carbocycles. The molecule has 0 bridgehead atoms. The van der Waals surface area contributed by atoms with Crippen molar-refractivity contribution in [2.75, 3.05) is 23.3 Å². The number of hydrogen-bond donors (Lipinski definition) is 1. The summed E-state index contributed by atoms with van der Waals surface area (Å²) in [6.07, 6.45) is 0.318. The molecule has 1 aromatic carbocycles. The number of aryl methyl sites for hydroxylation is 1. The molecule has 0 saturated carbocycles. The van der Waals surface area contributed by atoms with E-state index in [1.54, 1.807) is 6.92 Å². The van der Waals surface area contributed by atoms with E-state index in [-0.39, 0.29) is 11.3 Å². The topological polar surface area (TPSA) is 58.1 Å². The number of nitrogens with zero attached hydrogens (tertiary/aromatic N) is 3. The van der Waals surface area contributed by atoms with Crippen molar-refractivity contribution in [1.82, 2.24) is 9.97 Å². The number of amides is 1. The van der Waals surface area contributed by atoms with Gasteiger partial charge in [0, 0.05) is 25.0 Å². The van der Waals surface area contributed by atoms with Crippen LogP contribution < -0.4 is 10.2 Å². The van der Waals surface area contributed by atoms with Gasteiger partial charge in [-0.1, -0.05) is 6.07 Å². The summed E-state index contributed by atoms with van der Waals surface area (Å²) in [6, 6.07) is 4.51. The highest BCUT2D eigenvalue weighted by atomic mass is 19.4. The van der Waals surface area contributed by atoms with Crippen LogP contribution in [0.2, 0.25) is 0 Å². The van der Waals surface area contributed by atoms with E-state index < -0.39 is 17.6 Å². The lowest BCUT2D eigenvalue weighted by Crippen LogP contribution is -2.31. The normalized spacial score (nSPS) is 15.0. The molecule has 1 aliphatic heterocycles. The number of rotatable bonds is 3. The van der Waals surface area contributed by atoms with Gasteiger partial charge in [-0.15, -0.1) is 0 Å². The SMILES string of the molecule is Cc1nc(N2CCCCC2)ncc1C(=O)Nc1cccc(C(F)(F)F)c1. The molecule has 0 atom stereocenters. The molecule has 1 amide bonds. The van der Waals surface area contributed by atoms with Crippen LogP contribution in [0.15, 0.2) is 30.5 Å². The van der Waals surface area contributed by atoms with Crippen molar-refractivity contribution in [3.05, 3.63) is 47.3 Å². The third-order valence-electron chi connectivity index (χ3n) is 4.30. The van der Waals surface area contributed by atoms with E-state index in [0.717, 1.165) is 38.1 Å². The van der Waals surface area contributed by atoms with E-state index in [1.165, 1.54) is 24.8 Å². The highest BCUT2D eigenvalue weighted by Crippen LogP contribution is 2.30. The van der Waals surface area contributed by atoms with Crippen molar-refractivity contribution in [3.8, 4) is 0 Å². The highest BCUT2D eigenvalue weighted by molar-refractivity contribution is 6.04. The molecule has 138 valence electrons. The van der Waals surface area contributed by atoms with Gasteiger partial charge in [0.1, 0.15) is 0 Å². The van der Waals surface area contributed by atoms with Gasteiger partial charge in [-0.25, -0.2) is 9.97 Å². The van der Waals surface area contributed by atoms with E-state index >= 15 is 0 Å². The van der Waals surface area contributed by atoms with Crippen LogP contribution in [0.5, 0.6) is 0 Å². The number of anilines is 2. The first-order valence-electron chi connectivity index (χ1n) is 8.42. The van der Waals surface area contributed by atoms with Crippen LogP contribution in [0.4, 0.5) is 24.8 Å². The summed E-state index contributed by atoms with van der Waals surface area (Å²) in [6.45, 7) is 3.46. The number of alkyl halides is 3. The van der Waals surface area contributed by atoms with Crippen molar-refractivity contribution >= 4 is 17.5 Å². The number of hydrogen-bond acceptors (Lipinski definition) is 4. The number of carbonyl (C=O) groups is 1. The zero-order chi connectivity index (χ0) is 18.7. The van der Waals surface area contributed by atoms with Gasteiger partial charge in [0.25, 0.3) is 5.91 Å². The molecule has 0 radical (unpaired) electrons. The summed E-state index contributed by atoms with van der Waals surface area (Å²) in [4.78, 5) is 23.1. The van der Waals surface area contributed by atoms with Gasteiger partial charge in [0.2, 0.25) is 5.95 Å². The zero-order valence-electron chi connectivity index (χ0n) is 14.3. The van der Waals surface area contributed by atoms with E-state index in [1.807, 2.05) is 0 Å². The van der Waals surface area contributed by atoms with Crippen molar-refractivity contribution < 1.29 is 18.0 Å². The third-order valence-corrected chi connectivity index (χ3v) is 4.30. The third kappa shape index (κ3) is 4.12. The first-order valence-corrected chi connectivity index (χ1v) is 8.42. The molecule has 8 heteroatoms. The Morgan fingerprint density at radius 1 is 1.19 bits per heavy atom. The highest BCUT2D eigenvalue weighted by Gasteiger charge is 2.30. The summed E-state index contributed by atoms with van der Waals surface area (Å²) in [5.74, 6) is 0.0461. The van der Waals surface area contributed by atoms with Gasteiger partial charge < -0.3 is 10.2 Å². The van der Waals surface area contributed by atoms with Crippen LogP contribution in [-0.4, -0.2) is 29.0 Å². The van der Waals surface area contributed by atoms with E-state index in [4.69, 9.17) is 0 Å². The number of carbonyl (C=O) groups excluding carboxylic acids is 1. The van der Waals surface area contributed by atoms with Crippen LogP contribution in [0.25, 0.3) is 0 Å². The second-order valence-electron chi connectivity index (χ2n) is 6.25. The minimum Gasteiger partial charge on any atom is -0.341 e. The predicted molar refractivity (Wildman–Crippen MR) is 92.2 cm³/mol. The molecule has 5 nitrogen and oxygen atoms in total. The maximum Gasteiger partial charge on any atom is 0.416 e. The van der Waals surface area contributed by atoms with Gasteiger partial charge in [-0.05, 0) is 44.4 Å². The molecule has 2 heterocycles. The molecule has 0 spiro atoms. The Morgan fingerprint density at radius 3 is 2.58 bits per heavy atom. The molecule has 1 aliphatic rings. The number of benzene rings is 1. The monoisotopic (exact) mass is 364 g/mol. The molecule has 2 aromatic rings. The van der Waals surface area contributed by atoms with E-state index in [0.29, 0.717) is 11.6 Å². The summed E-state index contributed by atoms with van der Waals surface area (Å²) in [7, 11) is 0. The molecule has 3 rings (SSSR count). The van der Waals surface area contributed by atoms with Gasteiger partial charge in [-0.3, -0.25) is 4.79 Å². The lowest BCUT2D eigenvalue weighted by atomic mass is 10.1. The molecular formula is C18H19F3N4O. The minimum absolute atomic E-state index is 0.0735. The first-order chi connectivity index (χ1) is 12.3. The fraction of sp³-hybridized carbons (Fsp3) is 0.389. The lowest BCUT2D eigenvalue weighted by molar-refractivity contribution is -0.137.